The third-order valence-corrected chi connectivity index (χ3v) is 4.59. The highest BCUT2D eigenvalue weighted by Crippen LogP contribution is 2.26. The minimum absolute atomic E-state index is 0.0898. The molecule has 2 rings (SSSR count). The minimum Gasteiger partial charge on any atom is -0.492 e. The summed E-state index contributed by atoms with van der Waals surface area (Å²) in [6.45, 7) is 0.924. The van der Waals surface area contributed by atoms with Crippen LogP contribution >= 0.6 is 15.9 Å². The molecular formula is C20H23BrN2O3. The molecule has 2 aromatic rings. The Bertz CT molecular complexity index is 750. The van der Waals surface area contributed by atoms with E-state index in [0.29, 0.717) is 24.5 Å². The van der Waals surface area contributed by atoms with Gasteiger partial charge in [0.2, 0.25) is 5.91 Å². The van der Waals surface area contributed by atoms with Gasteiger partial charge >= 0.3 is 0 Å². The van der Waals surface area contributed by atoms with Gasteiger partial charge in [-0.25, -0.2) is 0 Å². The number of benzene rings is 2. The lowest BCUT2D eigenvalue weighted by Crippen LogP contribution is -2.31. The van der Waals surface area contributed by atoms with Crippen molar-refractivity contribution in [1.29, 1.82) is 0 Å². The van der Waals surface area contributed by atoms with Gasteiger partial charge in [0.25, 0.3) is 5.91 Å². The minimum atomic E-state index is -0.134. The second-order valence-electron chi connectivity index (χ2n) is 5.88. The van der Waals surface area contributed by atoms with Gasteiger partial charge in [-0.1, -0.05) is 30.3 Å². The van der Waals surface area contributed by atoms with Gasteiger partial charge in [-0.3, -0.25) is 9.59 Å². The van der Waals surface area contributed by atoms with Gasteiger partial charge in [0.15, 0.2) is 0 Å². The molecule has 0 radical (unpaired) electrons. The molecule has 26 heavy (non-hydrogen) atoms. The quantitative estimate of drug-likeness (QED) is 0.715. The third kappa shape index (κ3) is 5.88. The monoisotopic (exact) mass is 418 g/mol. The van der Waals surface area contributed by atoms with Gasteiger partial charge in [0, 0.05) is 39.0 Å². The Kier molecular flexibility index (Phi) is 7.66. The number of halogens is 1. The van der Waals surface area contributed by atoms with E-state index < -0.39 is 0 Å². The summed E-state index contributed by atoms with van der Waals surface area (Å²) in [5, 5.41) is 2.55. The zero-order chi connectivity index (χ0) is 18.9. The zero-order valence-corrected chi connectivity index (χ0v) is 16.6. The molecule has 0 spiro atoms. The maximum atomic E-state index is 12.4. The first kappa shape index (κ1) is 20.0. The highest BCUT2D eigenvalue weighted by atomic mass is 79.9. The fourth-order valence-corrected chi connectivity index (χ4v) is 2.88. The number of carbonyl (C=O) groups excluding carboxylic acids is 2. The number of hydrogen-bond acceptors (Lipinski definition) is 3. The van der Waals surface area contributed by atoms with E-state index in [1.165, 1.54) is 10.5 Å². The number of rotatable bonds is 8. The number of nitrogens with zero attached hydrogens (tertiary/aromatic N) is 1. The molecule has 2 aromatic carbocycles. The molecule has 0 saturated heterocycles. The molecule has 6 heteroatoms. The van der Waals surface area contributed by atoms with E-state index in [0.717, 1.165) is 10.9 Å². The van der Waals surface area contributed by atoms with Crippen molar-refractivity contribution in [2.45, 2.75) is 12.8 Å². The number of ether oxygens (including phenoxy) is 1. The molecule has 138 valence electrons. The van der Waals surface area contributed by atoms with Crippen LogP contribution in [0.5, 0.6) is 5.75 Å². The molecule has 0 atom stereocenters. The summed E-state index contributed by atoms with van der Waals surface area (Å²) < 4.78 is 6.54. The highest BCUT2D eigenvalue weighted by molar-refractivity contribution is 9.10. The van der Waals surface area contributed by atoms with Gasteiger partial charge in [-0.2, -0.15) is 0 Å². The standard InChI is InChI=1S/C20H23BrN2O3/c1-22-19(24)10-12-23(2)20(25)16-8-9-18(17(21)14-16)26-13-11-15-6-4-3-5-7-15/h3-9,14H,10-13H2,1-2H3,(H,22,24). The first-order valence-electron chi connectivity index (χ1n) is 8.43. The zero-order valence-electron chi connectivity index (χ0n) is 15.0. The number of carbonyl (C=O) groups is 2. The van der Waals surface area contributed by atoms with Gasteiger partial charge < -0.3 is 15.0 Å². The predicted octanol–water partition coefficient (Wildman–Crippen LogP) is 3.28. The summed E-state index contributed by atoms with van der Waals surface area (Å²) in [5.41, 5.74) is 1.76. The lowest BCUT2D eigenvalue weighted by molar-refractivity contribution is -0.120. The third-order valence-electron chi connectivity index (χ3n) is 3.97. The van der Waals surface area contributed by atoms with Gasteiger partial charge in [0.05, 0.1) is 11.1 Å². The van der Waals surface area contributed by atoms with Crippen LogP contribution in [0.25, 0.3) is 0 Å². The molecule has 5 nitrogen and oxygen atoms in total. The largest absolute Gasteiger partial charge is 0.492 e. The van der Waals surface area contributed by atoms with Crippen LogP contribution in [0.15, 0.2) is 53.0 Å². The van der Waals surface area contributed by atoms with E-state index in [-0.39, 0.29) is 18.2 Å². The molecule has 0 unspecified atom stereocenters. The van der Waals surface area contributed by atoms with Crippen molar-refractivity contribution in [3.05, 3.63) is 64.1 Å². The van der Waals surface area contributed by atoms with Gasteiger partial charge in [0.1, 0.15) is 5.75 Å². The molecule has 0 fully saturated rings. The lowest BCUT2D eigenvalue weighted by Gasteiger charge is -2.17. The second kappa shape index (κ2) is 9.97. The summed E-state index contributed by atoms with van der Waals surface area (Å²) in [6.07, 6.45) is 1.09. The molecule has 0 bridgehead atoms. The van der Waals surface area contributed by atoms with Crippen molar-refractivity contribution in [2.75, 3.05) is 27.2 Å². The maximum Gasteiger partial charge on any atom is 0.253 e. The smallest absolute Gasteiger partial charge is 0.253 e. The molecule has 0 saturated carbocycles. The molecule has 0 aliphatic carbocycles. The lowest BCUT2D eigenvalue weighted by atomic mass is 10.1. The van der Waals surface area contributed by atoms with Crippen molar-refractivity contribution in [3.63, 3.8) is 0 Å². The Balaban J connectivity index is 1.91. The summed E-state index contributed by atoms with van der Waals surface area (Å²) >= 11 is 3.46. The van der Waals surface area contributed by atoms with Crippen LogP contribution in [0.4, 0.5) is 0 Å². The van der Waals surface area contributed by atoms with Crippen molar-refractivity contribution in [3.8, 4) is 5.75 Å². The van der Waals surface area contributed by atoms with E-state index in [1.807, 2.05) is 18.2 Å². The number of nitrogens with one attached hydrogen (secondary N) is 1. The van der Waals surface area contributed by atoms with Crippen LogP contribution in [-0.4, -0.2) is 44.0 Å². The highest BCUT2D eigenvalue weighted by Gasteiger charge is 2.14. The second-order valence-corrected chi connectivity index (χ2v) is 6.73. The van der Waals surface area contributed by atoms with E-state index in [1.54, 1.807) is 32.3 Å². The molecular weight excluding hydrogens is 396 g/mol. The van der Waals surface area contributed by atoms with Crippen LogP contribution in [0, 0.1) is 0 Å². The Labute approximate surface area is 162 Å². The van der Waals surface area contributed by atoms with Crippen LogP contribution in [0.3, 0.4) is 0 Å². The van der Waals surface area contributed by atoms with Crippen LogP contribution < -0.4 is 10.1 Å². The Hall–Kier alpha value is -2.34. The SMILES string of the molecule is CNC(=O)CCN(C)C(=O)c1ccc(OCCc2ccccc2)c(Br)c1. The topological polar surface area (TPSA) is 58.6 Å². The van der Waals surface area contributed by atoms with Gasteiger partial charge in [-0.05, 0) is 39.7 Å². The average molecular weight is 419 g/mol. The van der Waals surface area contributed by atoms with Gasteiger partial charge in [-0.15, -0.1) is 0 Å². The number of hydrogen-bond donors (Lipinski definition) is 1. The Morgan fingerprint density at radius 1 is 1.15 bits per heavy atom. The fourth-order valence-electron chi connectivity index (χ4n) is 2.39. The normalized spacial score (nSPS) is 10.3. The van der Waals surface area contributed by atoms with E-state index >= 15 is 0 Å². The molecule has 0 heterocycles. The fraction of sp³-hybridized carbons (Fsp3) is 0.300. The first-order chi connectivity index (χ1) is 12.5. The van der Waals surface area contributed by atoms with Crippen LogP contribution in [-0.2, 0) is 11.2 Å². The molecule has 0 aliphatic rings. The Morgan fingerprint density at radius 2 is 1.88 bits per heavy atom. The molecule has 2 amide bonds. The van der Waals surface area contributed by atoms with E-state index in [2.05, 4.69) is 33.4 Å². The predicted molar refractivity (Wildman–Crippen MR) is 105 cm³/mol. The van der Waals surface area contributed by atoms with E-state index in [4.69, 9.17) is 4.74 Å². The number of amides is 2. The Morgan fingerprint density at radius 3 is 2.54 bits per heavy atom. The maximum absolute atomic E-state index is 12.4. The summed E-state index contributed by atoms with van der Waals surface area (Å²) in [7, 11) is 3.27. The van der Waals surface area contributed by atoms with Crippen LogP contribution in [0.2, 0.25) is 0 Å². The van der Waals surface area contributed by atoms with Crippen molar-refractivity contribution < 1.29 is 14.3 Å². The average Bonchev–Trinajstić information content (AvgIpc) is 2.67. The summed E-state index contributed by atoms with van der Waals surface area (Å²) in [6, 6.07) is 15.4. The molecule has 0 aromatic heterocycles. The van der Waals surface area contributed by atoms with Crippen molar-refractivity contribution in [1.82, 2.24) is 10.2 Å². The van der Waals surface area contributed by atoms with E-state index in [9.17, 15) is 9.59 Å². The van der Waals surface area contributed by atoms with Crippen molar-refractivity contribution in [2.24, 2.45) is 0 Å². The summed E-state index contributed by atoms with van der Waals surface area (Å²) in [5.74, 6) is 0.476. The molecule has 0 aliphatic heterocycles. The first-order valence-corrected chi connectivity index (χ1v) is 9.23. The summed E-state index contributed by atoms with van der Waals surface area (Å²) in [4.78, 5) is 25.3. The van der Waals surface area contributed by atoms with Crippen LogP contribution in [0.1, 0.15) is 22.3 Å². The molecule has 1 N–H and O–H groups in total. The van der Waals surface area contributed by atoms with Crippen molar-refractivity contribution >= 4 is 27.7 Å².